The molecule has 0 N–H and O–H groups in total. The van der Waals surface area contributed by atoms with Crippen molar-refractivity contribution in [2.75, 3.05) is 66.1 Å². The molecule has 5 aromatic rings. The van der Waals surface area contributed by atoms with Gasteiger partial charge in [-0.2, -0.15) is 9.46 Å². The van der Waals surface area contributed by atoms with E-state index in [9.17, 15) is 9.59 Å². The number of benzene rings is 3. The van der Waals surface area contributed by atoms with Gasteiger partial charge in [0, 0.05) is 24.0 Å². The first-order valence-corrected chi connectivity index (χ1v) is 17.6. The quantitative estimate of drug-likeness (QED) is 0.108. The Morgan fingerprint density at radius 3 is 1.40 bits per heavy atom. The number of para-hydroxylation sites is 2. The van der Waals surface area contributed by atoms with Crippen molar-refractivity contribution in [3.8, 4) is 0 Å². The summed E-state index contributed by atoms with van der Waals surface area (Å²) >= 11 is 0. The smallest absolute Gasteiger partial charge is 0.197 e. The second-order valence-corrected chi connectivity index (χ2v) is 12.4. The van der Waals surface area contributed by atoms with Crippen molar-refractivity contribution in [2.45, 2.75) is 51.1 Å². The average Bonchev–Trinajstić information content (AvgIpc) is 3.16. The number of ether oxygens (including phenoxy) is 6. The molecule has 2 aliphatic rings. The van der Waals surface area contributed by atoms with Gasteiger partial charge in [-0.15, -0.1) is 0 Å². The van der Waals surface area contributed by atoms with Crippen LogP contribution in [0.15, 0.2) is 70.3 Å². The summed E-state index contributed by atoms with van der Waals surface area (Å²) in [4.78, 5) is 40.3. The molecule has 2 aliphatic heterocycles. The summed E-state index contributed by atoms with van der Waals surface area (Å²) in [5.41, 5.74) is 1.79. The minimum absolute atomic E-state index is 0.163. The zero-order chi connectivity index (χ0) is 34.1. The number of hydrogen-bond donors (Lipinski definition) is 0. The molecule has 4 heterocycles. The fourth-order valence-corrected chi connectivity index (χ4v) is 6.53. The van der Waals surface area contributed by atoms with E-state index in [0.29, 0.717) is 83.3 Å². The largest absolute Gasteiger partial charge is 0.411 e. The highest BCUT2D eigenvalue weighted by molar-refractivity contribution is 6.03. The van der Waals surface area contributed by atoms with Crippen molar-refractivity contribution in [2.24, 2.45) is 0 Å². The Labute approximate surface area is 289 Å². The number of rotatable bonds is 16. The predicted octanol–water partition coefficient (Wildman–Crippen LogP) is 4.60. The lowest BCUT2D eigenvalue weighted by molar-refractivity contribution is -0.169. The summed E-state index contributed by atoms with van der Waals surface area (Å²) in [5, 5.41) is 1.77. The fraction of sp³-hybridized carbons (Fsp3) is 0.474. The van der Waals surface area contributed by atoms with Crippen LogP contribution < -0.4 is 20.5 Å². The molecule has 12 nitrogen and oxygen atoms in total. The molecule has 7 rings (SSSR count). The molecule has 0 saturated carbocycles. The molecule has 50 heavy (non-hydrogen) atoms. The van der Waals surface area contributed by atoms with E-state index in [1.165, 1.54) is 0 Å². The molecule has 0 bridgehead atoms. The molecule has 2 unspecified atom stereocenters. The second-order valence-electron chi connectivity index (χ2n) is 12.4. The van der Waals surface area contributed by atoms with Crippen LogP contribution >= 0.6 is 0 Å². The van der Waals surface area contributed by atoms with Gasteiger partial charge in [-0.25, -0.2) is 0 Å². The van der Waals surface area contributed by atoms with Crippen molar-refractivity contribution < 1.29 is 38.1 Å². The minimum atomic E-state index is -0.173. The molecule has 2 atom stereocenters. The van der Waals surface area contributed by atoms with E-state index in [0.717, 1.165) is 51.7 Å². The Kier molecular flexibility index (Phi) is 11.5. The van der Waals surface area contributed by atoms with Crippen LogP contribution in [0.5, 0.6) is 0 Å². The van der Waals surface area contributed by atoms with E-state index in [1.54, 1.807) is 33.7 Å². The zero-order valence-corrected chi connectivity index (χ0v) is 28.2. The third-order valence-corrected chi connectivity index (χ3v) is 9.01. The molecule has 3 aromatic carbocycles. The monoisotopic (exact) mass is 688 g/mol. The topological polar surface area (TPSA) is 118 Å². The number of aromatic nitrogens is 2. The van der Waals surface area contributed by atoms with E-state index in [4.69, 9.17) is 38.1 Å². The summed E-state index contributed by atoms with van der Waals surface area (Å²) in [7, 11) is 0. The Hall–Kier alpha value is -4.04. The Bertz CT molecular complexity index is 1870. The maximum Gasteiger partial charge on any atom is 0.197 e. The maximum absolute atomic E-state index is 13.9. The molecule has 266 valence electrons. The molecular formula is C38H44N2O10. The molecule has 0 aliphatic carbocycles. The van der Waals surface area contributed by atoms with E-state index < -0.39 is 0 Å². The summed E-state index contributed by atoms with van der Waals surface area (Å²) < 4.78 is 37.5. The molecule has 0 spiro atoms. The highest BCUT2D eigenvalue weighted by Gasteiger charge is 2.19. The van der Waals surface area contributed by atoms with Gasteiger partial charge in [-0.05, 0) is 74.9 Å². The van der Waals surface area contributed by atoms with Gasteiger partial charge in [0.25, 0.3) is 0 Å². The van der Waals surface area contributed by atoms with Crippen molar-refractivity contribution in [3.05, 3.63) is 81.1 Å². The average molecular weight is 689 g/mol. The van der Waals surface area contributed by atoms with Gasteiger partial charge in [0.2, 0.25) is 0 Å². The molecule has 2 aromatic heterocycles. The van der Waals surface area contributed by atoms with Crippen LogP contribution in [-0.4, -0.2) is 88.1 Å². The van der Waals surface area contributed by atoms with Crippen LogP contribution in [0, 0.1) is 0 Å². The van der Waals surface area contributed by atoms with Crippen LogP contribution in [0.1, 0.15) is 38.5 Å². The van der Waals surface area contributed by atoms with Crippen LogP contribution in [0.4, 0.5) is 0 Å². The summed E-state index contributed by atoms with van der Waals surface area (Å²) in [6.45, 7) is 4.16. The van der Waals surface area contributed by atoms with Crippen molar-refractivity contribution in [1.82, 2.24) is 9.46 Å². The number of pyridine rings is 2. The van der Waals surface area contributed by atoms with Gasteiger partial charge in [0.15, 0.2) is 23.4 Å². The van der Waals surface area contributed by atoms with E-state index in [-0.39, 0.29) is 36.7 Å². The van der Waals surface area contributed by atoms with Crippen molar-refractivity contribution >= 4 is 43.6 Å². The molecule has 0 amide bonds. The lowest BCUT2D eigenvalue weighted by atomic mass is 10.1. The predicted molar refractivity (Wildman–Crippen MR) is 189 cm³/mol. The third-order valence-electron chi connectivity index (χ3n) is 9.01. The van der Waals surface area contributed by atoms with E-state index in [1.807, 2.05) is 36.4 Å². The van der Waals surface area contributed by atoms with Crippen LogP contribution in [-0.2, 0) is 28.4 Å². The highest BCUT2D eigenvalue weighted by Crippen LogP contribution is 2.25. The second kappa shape index (κ2) is 16.8. The number of nitrogens with zero attached hydrogens (tertiary/aromatic N) is 2. The van der Waals surface area contributed by atoms with E-state index >= 15 is 0 Å². The first-order valence-electron chi connectivity index (χ1n) is 17.6. The fourth-order valence-electron chi connectivity index (χ4n) is 6.53. The summed E-state index contributed by atoms with van der Waals surface area (Å²) in [6, 6.07) is 18.0. The first kappa shape index (κ1) is 34.4. The zero-order valence-electron chi connectivity index (χ0n) is 28.2. The first-order chi connectivity index (χ1) is 24.7. The molecule has 2 fully saturated rings. The molecule has 0 radical (unpaired) electrons. The number of fused-ring (bicyclic) bond motifs is 4. The lowest BCUT2D eigenvalue weighted by Gasteiger charge is -2.22. The summed E-state index contributed by atoms with van der Waals surface area (Å²) in [6.07, 6.45) is 5.83. The van der Waals surface area contributed by atoms with Gasteiger partial charge in [0.1, 0.15) is 13.2 Å². The Morgan fingerprint density at radius 1 is 0.520 bits per heavy atom. The SMILES string of the molecule is O=c1c2ccccc2n(OCCOCCOC2CCCCO2)c2cc3c(=O)c4ccccc4n(OCCOCCOC4CCCCO4)c3cc12. The third kappa shape index (κ3) is 7.80. The van der Waals surface area contributed by atoms with Crippen LogP contribution in [0.2, 0.25) is 0 Å². The van der Waals surface area contributed by atoms with Gasteiger partial charge < -0.3 is 38.1 Å². The van der Waals surface area contributed by atoms with Gasteiger partial charge in [-0.3, -0.25) is 9.59 Å². The lowest BCUT2D eigenvalue weighted by Crippen LogP contribution is -2.25. The Balaban J connectivity index is 1.11. The maximum atomic E-state index is 13.9. The normalized spacial score (nSPS) is 18.3. The van der Waals surface area contributed by atoms with Gasteiger partial charge >= 0.3 is 0 Å². The summed E-state index contributed by atoms with van der Waals surface area (Å²) in [5.74, 6) is 0. The van der Waals surface area contributed by atoms with Crippen molar-refractivity contribution in [3.63, 3.8) is 0 Å². The standard InChI is InChI=1S/C38H44N2O10/c41-37-27-9-1-3-11-31(27)39(49-23-19-43-17-21-47-35-13-5-7-15-45-35)33-26-30-34(25-29(33)37)40(32-12-4-2-10-28(32)38(30)42)50-24-20-44-18-22-48-36-14-6-8-16-46-36/h1-4,9-12,25-26,35-36H,5-8,13-24H2. The minimum Gasteiger partial charge on any atom is -0.411 e. The number of hydrogen-bond acceptors (Lipinski definition) is 10. The van der Waals surface area contributed by atoms with Gasteiger partial charge in [-0.1, -0.05) is 24.3 Å². The highest BCUT2D eigenvalue weighted by atomic mass is 16.7. The van der Waals surface area contributed by atoms with Crippen molar-refractivity contribution in [1.29, 1.82) is 0 Å². The molecule has 12 heteroatoms. The Morgan fingerprint density at radius 2 is 0.960 bits per heavy atom. The van der Waals surface area contributed by atoms with Crippen LogP contribution in [0.3, 0.4) is 0 Å². The molecular weight excluding hydrogens is 644 g/mol. The van der Waals surface area contributed by atoms with Gasteiger partial charge in [0.05, 0.1) is 72.5 Å². The van der Waals surface area contributed by atoms with E-state index in [2.05, 4.69) is 0 Å². The molecule has 2 saturated heterocycles. The van der Waals surface area contributed by atoms with Crippen LogP contribution in [0.25, 0.3) is 43.6 Å².